The van der Waals surface area contributed by atoms with Gasteiger partial charge in [0.15, 0.2) is 0 Å². The van der Waals surface area contributed by atoms with Crippen LogP contribution in [-0.4, -0.2) is 33.1 Å². The Kier molecular flexibility index (Phi) is 3.66. The van der Waals surface area contributed by atoms with Crippen molar-refractivity contribution < 1.29 is 0 Å². The summed E-state index contributed by atoms with van der Waals surface area (Å²) in [5, 5.41) is 0. The SMILES string of the molecule is CC1CCCn2c1cnc2CC1CCCN1C(C)C. The number of imidazole rings is 1. The predicted molar refractivity (Wildman–Crippen MR) is 78.4 cm³/mol. The lowest BCUT2D eigenvalue weighted by molar-refractivity contribution is 0.199. The molecule has 0 aliphatic carbocycles. The molecular weight excluding hydrogens is 234 g/mol. The first-order valence-corrected chi connectivity index (χ1v) is 7.97. The minimum Gasteiger partial charge on any atom is -0.332 e. The molecule has 2 unspecified atom stereocenters. The molecule has 0 saturated carbocycles. The van der Waals surface area contributed by atoms with Gasteiger partial charge >= 0.3 is 0 Å². The van der Waals surface area contributed by atoms with Crippen molar-refractivity contribution in [3.63, 3.8) is 0 Å². The maximum absolute atomic E-state index is 4.74. The molecule has 2 aliphatic rings. The summed E-state index contributed by atoms with van der Waals surface area (Å²) in [6.07, 6.45) is 8.62. The van der Waals surface area contributed by atoms with Crippen LogP contribution < -0.4 is 0 Å². The predicted octanol–water partition coefficient (Wildman–Crippen LogP) is 3.20. The number of hydrogen-bond donors (Lipinski definition) is 0. The van der Waals surface area contributed by atoms with E-state index in [-0.39, 0.29) is 0 Å². The molecule has 0 amide bonds. The van der Waals surface area contributed by atoms with Gasteiger partial charge in [-0.2, -0.15) is 0 Å². The van der Waals surface area contributed by atoms with Gasteiger partial charge in [0.25, 0.3) is 0 Å². The third kappa shape index (κ3) is 2.45. The van der Waals surface area contributed by atoms with Gasteiger partial charge in [0, 0.05) is 36.9 Å². The Hall–Kier alpha value is -0.830. The average Bonchev–Trinajstić information content (AvgIpc) is 2.98. The van der Waals surface area contributed by atoms with Crippen LogP contribution in [0.25, 0.3) is 0 Å². The number of nitrogens with zero attached hydrogens (tertiary/aromatic N) is 3. The normalized spacial score (nSPS) is 28.0. The molecule has 0 radical (unpaired) electrons. The van der Waals surface area contributed by atoms with Crippen molar-refractivity contribution in [3.8, 4) is 0 Å². The Morgan fingerprint density at radius 1 is 1.26 bits per heavy atom. The fourth-order valence-electron chi connectivity index (χ4n) is 3.91. The molecule has 2 aliphatic heterocycles. The summed E-state index contributed by atoms with van der Waals surface area (Å²) < 4.78 is 2.50. The van der Waals surface area contributed by atoms with Crippen molar-refractivity contribution in [2.45, 2.75) is 77.4 Å². The largest absolute Gasteiger partial charge is 0.332 e. The van der Waals surface area contributed by atoms with E-state index >= 15 is 0 Å². The van der Waals surface area contributed by atoms with Crippen LogP contribution in [0.5, 0.6) is 0 Å². The first kappa shape index (κ1) is 13.2. The van der Waals surface area contributed by atoms with Crippen LogP contribution >= 0.6 is 0 Å². The minimum absolute atomic E-state index is 0.669. The molecule has 1 saturated heterocycles. The van der Waals surface area contributed by atoms with Gasteiger partial charge in [0.2, 0.25) is 0 Å². The van der Waals surface area contributed by atoms with Crippen molar-refractivity contribution in [1.82, 2.24) is 14.5 Å². The maximum Gasteiger partial charge on any atom is 0.110 e. The van der Waals surface area contributed by atoms with Crippen molar-refractivity contribution in [2.24, 2.45) is 0 Å². The highest BCUT2D eigenvalue weighted by Crippen LogP contribution is 2.29. The second-order valence-corrected chi connectivity index (χ2v) is 6.63. The van der Waals surface area contributed by atoms with E-state index in [1.165, 1.54) is 50.3 Å². The van der Waals surface area contributed by atoms with Crippen molar-refractivity contribution in [1.29, 1.82) is 0 Å². The van der Waals surface area contributed by atoms with Gasteiger partial charge in [-0.15, -0.1) is 0 Å². The first-order chi connectivity index (χ1) is 9.16. The lowest BCUT2D eigenvalue weighted by Gasteiger charge is -2.29. The number of fused-ring (bicyclic) bond motifs is 1. The van der Waals surface area contributed by atoms with Crippen LogP contribution in [0, 0.1) is 0 Å². The Morgan fingerprint density at radius 2 is 2.05 bits per heavy atom. The van der Waals surface area contributed by atoms with Gasteiger partial charge in [-0.05, 0) is 52.0 Å². The molecule has 106 valence electrons. The highest BCUT2D eigenvalue weighted by Gasteiger charge is 2.29. The van der Waals surface area contributed by atoms with Crippen LogP contribution in [0.1, 0.15) is 63.9 Å². The van der Waals surface area contributed by atoms with E-state index in [4.69, 9.17) is 4.98 Å². The van der Waals surface area contributed by atoms with E-state index in [9.17, 15) is 0 Å². The lowest BCUT2D eigenvalue weighted by Crippen LogP contribution is -2.37. The Balaban J connectivity index is 1.77. The zero-order chi connectivity index (χ0) is 13.4. The first-order valence-electron chi connectivity index (χ1n) is 7.97. The molecule has 3 heteroatoms. The van der Waals surface area contributed by atoms with E-state index in [2.05, 4.69) is 36.4 Å². The van der Waals surface area contributed by atoms with Gasteiger partial charge < -0.3 is 4.57 Å². The van der Waals surface area contributed by atoms with Crippen LogP contribution in [0.2, 0.25) is 0 Å². The van der Waals surface area contributed by atoms with Gasteiger partial charge in [-0.1, -0.05) is 6.92 Å². The lowest BCUT2D eigenvalue weighted by atomic mass is 9.98. The summed E-state index contributed by atoms with van der Waals surface area (Å²) in [7, 11) is 0. The molecule has 3 nitrogen and oxygen atoms in total. The van der Waals surface area contributed by atoms with Crippen LogP contribution in [0.3, 0.4) is 0 Å². The van der Waals surface area contributed by atoms with Gasteiger partial charge in [-0.25, -0.2) is 4.98 Å². The molecule has 3 heterocycles. The molecule has 19 heavy (non-hydrogen) atoms. The number of likely N-dealkylation sites (tertiary alicyclic amines) is 1. The molecule has 1 fully saturated rings. The molecule has 1 aromatic heterocycles. The molecule has 0 N–H and O–H groups in total. The molecular formula is C16H27N3. The van der Waals surface area contributed by atoms with Crippen LogP contribution in [-0.2, 0) is 13.0 Å². The van der Waals surface area contributed by atoms with E-state index in [0.29, 0.717) is 18.0 Å². The van der Waals surface area contributed by atoms with E-state index in [1.807, 2.05) is 0 Å². The summed E-state index contributed by atoms with van der Waals surface area (Å²) in [4.78, 5) is 7.40. The third-order valence-electron chi connectivity index (χ3n) is 5.00. The van der Waals surface area contributed by atoms with Gasteiger partial charge in [0.1, 0.15) is 5.82 Å². The maximum atomic E-state index is 4.74. The second kappa shape index (κ2) is 5.28. The van der Waals surface area contributed by atoms with Gasteiger partial charge in [0.05, 0.1) is 0 Å². The molecule has 0 aromatic carbocycles. The van der Waals surface area contributed by atoms with E-state index in [1.54, 1.807) is 0 Å². The summed E-state index contributed by atoms with van der Waals surface area (Å²) in [5.74, 6) is 2.03. The fraction of sp³-hybridized carbons (Fsp3) is 0.812. The summed E-state index contributed by atoms with van der Waals surface area (Å²) in [6, 6.07) is 1.38. The van der Waals surface area contributed by atoms with Crippen LogP contribution in [0.4, 0.5) is 0 Å². The summed E-state index contributed by atoms with van der Waals surface area (Å²) in [5.41, 5.74) is 1.47. The molecule has 3 rings (SSSR count). The highest BCUT2D eigenvalue weighted by atomic mass is 15.2. The minimum atomic E-state index is 0.669. The monoisotopic (exact) mass is 261 g/mol. The Labute approximate surface area is 117 Å². The standard InChI is InChI=1S/C16H27N3/c1-12(2)18-8-5-7-14(18)10-16-17-11-15-13(3)6-4-9-19(15)16/h11-14H,4-10H2,1-3H3. The van der Waals surface area contributed by atoms with E-state index < -0.39 is 0 Å². The molecule has 1 aromatic rings. The smallest absolute Gasteiger partial charge is 0.110 e. The Morgan fingerprint density at radius 3 is 2.84 bits per heavy atom. The second-order valence-electron chi connectivity index (χ2n) is 6.63. The van der Waals surface area contributed by atoms with Crippen LogP contribution in [0.15, 0.2) is 6.20 Å². The molecule has 0 spiro atoms. The quantitative estimate of drug-likeness (QED) is 0.833. The molecule has 0 bridgehead atoms. The van der Waals surface area contributed by atoms with Crippen molar-refractivity contribution >= 4 is 0 Å². The number of aromatic nitrogens is 2. The number of rotatable bonds is 3. The zero-order valence-electron chi connectivity index (χ0n) is 12.6. The highest BCUT2D eigenvalue weighted by molar-refractivity contribution is 5.13. The third-order valence-corrected chi connectivity index (χ3v) is 5.00. The Bertz CT molecular complexity index is 435. The zero-order valence-corrected chi connectivity index (χ0v) is 12.6. The number of hydrogen-bond acceptors (Lipinski definition) is 2. The van der Waals surface area contributed by atoms with Crippen molar-refractivity contribution in [3.05, 3.63) is 17.7 Å². The van der Waals surface area contributed by atoms with E-state index in [0.717, 1.165) is 6.42 Å². The topological polar surface area (TPSA) is 21.1 Å². The average molecular weight is 261 g/mol. The fourth-order valence-corrected chi connectivity index (χ4v) is 3.91. The molecule has 2 atom stereocenters. The van der Waals surface area contributed by atoms with Crippen molar-refractivity contribution in [2.75, 3.05) is 6.54 Å². The van der Waals surface area contributed by atoms with Gasteiger partial charge in [-0.3, -0.25) is 4.90 Å². The summed E-state index contributed by atoms with van der Waals surface area (Å²) >= 11 is 0. The summed E-state index contributed by atoms with van der Waals surface area (Å²) in [6.45, 7) is 9.44.